The molecule has 0 atom stereocenters. The monoisotopic (exact) mass is 372 g/mol. The van der Waals surface area contributed by atoms with Gasteiger partial charge in [0.1, 0.15) is 11.5 Å². The molecule has 4 aromatic rings. The first-order chi connectivity index (χ1) is 12.6. The number of benzene rings is 2. The molecule has 2 aromatic carbocycles. The Kier molecular flexibility index (Phi) is 4.20. The smallest absolute Gasteiger partial charge is 0.156 e. The van der Waals surface area contributed by atoms with Crippen molar-refractivity contribution in [3.8, 4) is 22.8 Å². The third-order valence-electron chi connectivity index (χ3n) is 4.20. The van der Waals surface area contributed by atoms with Crippen molar-refractivity contribution in [1.82, 2.24) is 20.2 Å². The van der Waals surface area contributed by atoms with Crippen LogP contribution in [0.1, 0.15) is 11.1 Å². The molecule has 0 saturated heterocycles. The summed E-state index contributed by atoms with van der Waals surface area (Å²) in [4.78, 5) is 7.43. The Labute approximate surface area is 152 Å². The number of aliphatic hydroxyl groups is 2. The predicted molar refractivity (Wildman–Crippen MR) is 95.9 cm³/mol. The maximum absolute atomic E-state index is 13.6. The predicted octanol–water partition coefficient (Wildman–Crippen LogP) is 3.40. The topological polar surface area (TPSA) is 97.8 Å². The Bertz CT molecular complexity index is 1070. The lowest BCUT2D eigenvalue weighted by atomic mass is 10.0. The normalized spacial score (nSPS) is 11.4. The zero-order valence-corrected chi connectivity index (χ0v) is 14.2. The minimum Gasteiger partial charge on any atom is -0.392 e. The van der Waals surface area contributed by atoms with Crippen LogP contribution in [0.5, 0.6) is 0 Å². The summed E-state index contributed by atoms with van der Waals surface area (Å²) in [5.74, 6) is -0.00468. The molecule has 2 heterocycles. The Morgan fingerprint density at radius 1 is 1.04 bits per heavy atom. The number of imidazole rings is 1. The van der Waals surface area contributed by atoms with Crippen molar-refractivity contribution in [2.45, 2.75) is 13.2 Å². The summed E-state index contributed by atoms with van der Waals surface area (Å²) in [7, 11) is 0. The molecule has 0 aliphatic carbocycles. The van der Waals surface area contributed by atoms with E-state index in [0.717, 1.165) is 5.56 Å². The van der Waals surface area contributed by atoms with E-state index in [-0.39, 0.29) is 18.2 Å². The fourth-order valence-corrected chi connectivity index (χ4v) is 2.97. The number of aromatic amines is 2. The Balaban J connectivity index is 1.72. The van der Waals surface area contributed by atoms with Gasteiger partial charge in [0.25, 0.3) is 0 Å². The zero-order valence-electron chi connectivity index (χ0n) is 13.4. The molecule has 132 valence electrons. The molecule has 26 heavy (non-hydrogen) atoms. The Morgan fingerprint density at radius 3 is 2.62 bits per heavy atom. The van der Waals surface area contributed by atoms with Gasteiger partial charge in [0, 0.05) is 11.6 Å². The van der Waals surface area contributed by atoms with E-state index in [9.17, 15) is 14.6 Å². The molecule has 0 fully saturated rings. The molecule has 4 rings (SSSR count). The van der Waals surface area contributed by atoms with Gasteiger partial charge in [-0.25, -0.2) is 9.37 Å². The molecule has 2 aromatic heterocycles. The second-order valence-corrected chi connectivity index (χ2v) is 6.24. The molecular formula is C18H14ClFN4O2. The number of hydrogen-bond acceptors (Lipinski definition) is 4. The van der Waals surface area contributed by atoms with E-state index >= 15 is 0 Å². The van der Waals surface area contributed by atoms with Crippen LogP contribution in [0.4, 0.5) is 4.39 Å². The van der Waals surface area contributed by atoms with Crippen LogP contribution in [0.2, 0.25) is 5.02 Å². The summed E-state index contributed by atoms with van der Waals surface area (Å²) in [6.07, 6.45) is 0. The molecule has 0 radical (unpaired) electrons. The quantitative estimate of drug-likeness (QED) is 0.441. The number of hydrogen-bond donors (Lipinski definition) is 4. The summed E-state index contributed by atoms with van der Waals surface area (Å²) in [5.41, 5.74) is 4.48. The summed E-state index contributed by atoms with van der Waals surface area (Å²) < 4.78 is 13.6. The van der Waals surface area contributed by atoms with Gasteiger partial charge in [0.15, 0.2) is 5.82 Å². The van der Waals surface area contributed by atoms with E-state index in [1.165, 1.54) is 12.1 Å². The summed E-state index contributed by atoms with van der Waals surface area (Å²) in [6.45, 7) is -0.309. The molecule has 0 saturated carbocycles. The van der Waals surface area contributed by atoms with E-state index in [0.29, 0.717) is 39.4 Å². The minimum atomic E-state index is -0.514. The van der Waals surface area contributed by atoms with Crippen LogP contribution < -0.4 is 0 Å². The van der Waals surface area contributed by atoms with Gasteiger partial charge in [-0.15, -0.1) is 0 Å². The molecule has 8 heteroatoms. The summed E-state index contributed by atoms with van der Waals surface area (Å²) in [6, 6.07) is 9.90. The van der Waals surface area contributed by atoms with Gasteiger partial charge in [0.05, 0.1) is 35.0 Å². The van der Waals surface area contributed by atoms with Crippen LogP contribution in [-0.2, 0) is 13.2 Å². The number of nitrogens with zero attached hydrogens (tertiary/aromatic N) is 2. The van der Waals surface area contributed by atoms with Crippen LogP contribution in [0.15, 0.2) is 36.4 Å². The van der Waals surface area contributed by atoms with Crippen LogP contribution in [0, 0.1) is 5.82 Å². The zero-order chi connectivity index (χ0) is 18.3. The second kappa shape index (κ2) is 6.53. The Morgan fingerprint density at radius 2 is 1.85 bits per heavy atom. The number of nitrogens with one attached hydrogen (secondary N) is 2. The van der Waals surface area contributed by atoms with Gasteiger partial charge in [-0.05, 0) is 29.3 Å². The molecule has 0 bridgehead atoms. The van der Waals surface area contributed by atoms with Gasteiger partial charge in [-0.1, -0.05) is 23.7 Å². The van der Waals surface area contributed by atoms with Gasteiger partial charge in [0.2, 0.25) is 0 Å². The van der Waals surface area contributed by atoms with E-state index in [4.69, 9.17) is 11.6 Å². The molecule has 0 aliphatic rings. The first kappa shape index (κ1) is 16.7. The molecule has 0 aliphatic heterocycles. The highest BCUT2D eigenvalue weighted by Gasteiger charge is 2.13. The molecule has 0 spiro atoms. The number of H-pyrrole nitrogens is 2. The van der Waals surface area contributed by atoms with Crippen molar-refractivity contribution in [1.29, 1.82) is 0 Å². The van der Waals surface area contributed by atoms with Crippen molar-refractivity contribution in [3.05, 3.63) is 58.4 Å². The first-order valence-corrected chi connectivity index (χ1v) is 8.21. The highest BCUT2D eigenvalue weighted by atomic mass is 35.5. The fourth-order valence-electron chi connectivity index (χ4n) is 2.81. The van der Waals surface area contributed by atoms with Crippen LogP contribution in [0.25, 0.3) is 33.8 Å². The van der Waals surface area contributed by atoms with Crippen LogP contribution in [-0.4, -0.2) is 30.4 Å². The molecule has 4 N–H and O–H groups in total. The third kappa shape index (κ3) is 2.86. The van der Waals surface area contributed by atoms with Crippen LogP contribution >= 0.6 is 11.6 Å². The SMILES string of the molecule is OCc1ccc(-c2cc(-c3nc4cc(Cl)c(F)cc4[nH]3)[nH]n2)cc1CO. The maximum atomic E-state index is 13.6. The van der Waals surface area contributed by atoms with Gasteiger partial charge in [-0.2, -0.15) is 5.10 Å². The minimum absolute atomic E-state index is 0.0151. The lowest BCUT2D eigenvalue weighted by Crippen LogP contribution is -1.94. The highest BCUT2D eigenvalue weighted by Crippen LogP contribution is 2.27. The summed E-state index contributed by atoms with van der Waals surface area (Å²) in [5, 5.41) is 25.9. The number of fused-ring (bicyclic) bond motifs is 1. The standard InChI is InChI=1S/C18H14ClFN4O2/c19-12-4-15-16(5-13(12)20)22-18(21-15)17-6-14(23-24-17)9-1-2-10(7-25)11(3-9)8-26/h1-6,25-26H,7-8H2,(H,21,22)(H,23,24). The van der Waals surface area contributed by atoms with Crippen LogP contribution in [0.3, 0.4) is 0 Å². The van der Waals surface area contributed by atoms with Crippen molar-refractivity contribution < 1.29 is 14.6 Å². The lowest BCUT2D eigenvalue weighted by Gasteiger charge is -2.06. The number of aliphatic hydroxyl groups excluding tert-OH is 2. The maximum Gasteiger partial charge on any atom is 0.156 e. The van der Waals surface area contributed by atoms with Gasteiger partial charge < -0.3 is 15.2 Å². The van der Waals surface area contributed by atoms with Gasteiger partial charge in [-0.3, -0.25) is 5.10 Å². The molecule has 0 unspecified atom stereocenters. The van der Waals surface area contributed by atoms with Crippen molar-refractivity contribution in [2.24, 2.45) is 0 Å². The van der Waals surface area contributed by atoms with E-state index in [1.807, 2.05) is 6.07 Å². The van der Waals surface area contributed by atoms with Crippen molar-refractivity contribution in [2.75, 3.05) is 0 Å². The molecule has 6 nitrogen and oxygen atoms in total. The number of rotatable bonds is 4. The number of halogens is 2. The van der Waals surface area contributed by atoms with E-state index in [2.05, 4.69) is 20.2 Å². The first-order valence-electron chi connectivity index (χ1n) is 7.83. The van der Waals surface area contributed by atoms with Crippen molar-refractivity contribution >= 4 is 22.6 Å². The average Bonchev–Trinajstić information content (AvgIpc) is 3.28. The van der Waals surface area contributed by atoms with Gasteiger partial charge >= 0.3 is 0 Å². The second-order valence-electron chi connectivity index (χ2n) is 5.84. The number of aromatic nitrogens is 4. The Hall–Kier alpha value is -2.74. The molecule has 0 amide bonds. The molecular weight excluding hydrogens is 359 g/mol. The summed E-state index contributed by atoms with van der Waals surface area (Å²) >= 11 is 5.79. The largest absolute Gasteiger partial charge is 0.392 e. The van der Waals surface area contributed by atoms with E-state index in [1.54, 1.807) is 18.2 Å². The average molecular weight is 373 g/mol. The van der Waals surface area contributed by atoms with Crippen molar-refractivity contribution in [3.63, 3.8) is 0 Å². The fraction of sp³-hybridized carbons (Fsp3) is 0.111. The third-order valence-corrected chi connectivity index (χ3v) is 4.49. The lowest BCUT2D eigenvalue weighted by molar-refractivity contribution is 0.260. The highest BCUT2D eigenvalue weighted by molar-refractivity contribution is 6.31. The van der Waals surface area contributed by atoms with E-state index < -0.39 is 5.82 Å².